The van der Waals surface area contributed by atoms with Crippen molar-refractivity contribution in [3.8, 4) is 0 Å². The van der Waals surface area contributed by atoms with Gasteiger partial charge in [-0.05, 0) is 19.3 Å². The maximum Gasteiger partial charge on any atom is 0.0661 e. The van der Waals surface area contributed by atoms with Crippen LogP contribution in [0, 0.1) is 0 Å². The highest BCUT2D eigenvalue weighted by atomic mass is 16.5. The molecule has 1 saturated carbocycles. The van der Waals surface area contributed by atoms with Gasteiger partial charge in [-0.15, -0.1) is 0 Å². The monoisotopic (exact) mass is 156 g/mol. The number of nitrogens with one attached hydrogen (secondary N) is 1. The van der Waals surface area contributed by atoms with Crippen LogP contribution in [0.5, 0.6) is 0 Å². The maximum absolute atomic E-state index is 5.70. The van der Waals surface area contributed by atoms with Crippen LogP contribution in [0.15, 0.2) is 0 Å². The van der Waals surface area contributed by atoms with Crippen molar-refractivity contribution in [2.45, 2.75) is 30.8 Å². The summed E-state index contributed by atoms with van der Waals surface area (Å²) in [6.07, 6.45) is 3.73. The summed E-state index contributed by atoms with van der Waals surface area (Å²) in [5.74, 6) is 0. The van der Waals surface area contributed by atoms with Crippen molar-refractivity contribution in [3.05, 3.63) is 0 Å². The Morgan fingerprint density at radius 3 is 2.82 bits per heavy atom. The average Bonchev–Trinajstić information content (AvgIpc) is 2.68. The van der Waals surface area contributed by atoms with Gasteiger partial charge in [0.25, 0.3) is 0 Å². The smallest absolute Gasteiger partial charge is 0.0661 e. The molecule has 0 bridgehead atoms. The fourth-order valence-corrected chi connectivity index (χ4v) is 1.60. The van der Waals surface area contributed by atoms with Crippen molar-refractivity contribution >= 4 is 0 Å². The predicted octanol–water partition coefficient (Wildman–Crippen LogP) is -0.144. The number of nitrogens with two attached hydrogens (primary N) is 1. The Morgan fingerprint density at radius 2 is 2.36 bits per heavy atom. The van der Waals surface area contributed by atoms with Gasteiger partial charge in [-0.25, -0.2) is 0 Å². The van der Waals surface area contributed by atoms with Crippen molar-refractivity contribution in [1.82, 2.24) is 5.32 Å². The van der Waals surface area contributed by atoms with E-state index in [0.29, 0.717) is 6.54 Å². The van der Waals surface area contributed by atoms with Gasteiger partial charge in [0.2, 0.25) is 0 Å². The molecule has 0 aromatic rings. The van der Waals surface area contributed by atoms with Gasteiger partial charge in [0, 0.05) is 19.2 Å². The summed E-state index contributed by atoms with van der Waals surface area (Å²) in [5, 5.41) is 3.57. The van der Waals surface area contributed by atoms with Gasteiger partial charge < -0.3 is 15.8 Å². The largest absolute Gasteiger partial charge is 0.379 e. The SMILES string of the molecule is NCC1(NC2CC2)CCOC1. The van der Waals surface area contributed by atoms with E-state index in [-0.39, 0.29) is 5.54 Å². The summed E-state index contributed by atoms with van der Waals surface area (Å²) < 4.78 is 5.34. The van der Waals surface area contributed by atoms with Crippen LogP contribution >= 0.6 is 0 Å². The van der Waals surface area contributed by atoms with Gasteiger partial charge in [-0.1, -0.05) is 0 Å². The summed E-state index contributed by atoms with van der Waals surface area (Å²) >= 11 is 0. The minimum absolute atomic E-state index is 0.126. The molecular weight excluding hydrogens is 140 g/mol. The lowest BCUT2D eigenvalue weighted by molar-refractivity contribution is 0.168. The Morgan fingerprint density at radius 1 is 1.55 bits per heavy atom. The third kappa shape index (κ3) is 1.55. The van der Waals surface area contributed by atoms with Gasteiger partial charge in [-0.2, -0.15) is 0 Å². The fourth-order valence-electron chi connectivity index (χ4n) is 1.60. The summed E-state index contributed by atoms with van der Waals surface area (Å²) in [6, 6.07) is 0.736. The molecule has 0 amide bonds. The molecule has 3 nitrogen and oxygen atoms in total. The summed E-state index contributed by atoms with van der Waals surface area (Å²) in [6.45, 7) is 2.39. The van der Waals surface area contributed by atoms with E-state index >= 15 is 0 Å². The van der Waals surface area contributed by atoms with E-state index in [0.717, 1.165) is 25.7 Å². The molecule has 64 valence electrons. The second kappa shape index (κ2) is 2.73. The van der Waals surface area contributed by atoms with Gasteiger partial charge in [0.1, 0.15) is 0 Å². The molecule has 0 aromatic carbocycles. The molecule has 0 radical (unpaired) electrons. The summed E-state index contributed by atoms with van der Waals surface area (Å²) in [7, 11) is 0. The number of ether oxygens (including phenoxy) is 1. The van der Waals surface area contributed by atoms with E-state index in [1.807, 2.05) is 0 Å². The van der Waals surface area contributed by atoms with Crippen LogP contribution in [-0.2, 0) is 4.74 Å². The molecule has 1 saturated heterocycles. The Bertz CT molecular complexity index is 139. The normalized spacial score (nSPS) is 37.9. The minimum Gasteiger partial charge on any atom is -0.379 e. The molecule has 3 heteroatoms. The van der Waals surface area contributed by atoms with E-state index in [1.165, 1.54) is 12.8 Å². The second-order valence-corrected chi connectivity index (χ2v) is 3.71. The molecule has 2 fully saturated rings. The van der Waals surface area contributed by atoms with Crippen molar-refractivity contribution in [3.63, 3.8) is 0 Å². The Kier molecular flexibility index (Phi) is 1.87. The lowest BCUT2D eigenvalue weighted by Crippen LogP contribution is -2.52. The van der Waals surface area contributed by atoms with Crippen molar-refractivity contribution < 1.29 is 4.74 Å². The van der Waals surface area contributed by atoms with E-state index in [4.69, 9.17) is 10.5 Å². The quantitative estimate of drug-likeness (QED) is 0.597. The van der Waals surface area contributed by atoms with Gasteiger partial charge in [0.15, 0.2) is 0 Å². The fraction of sp³-hybridized carbons (Fsp3) is 1.00. The van der Waals surface area contributed by atoms with Crippen molar-refractivity contribution in [2.24, 2.45) is 5.73 Å². The maximum atomic E-state index is 5.70. The van der Waals surface area contributed by atoms with Gasteiger partial charge >= 0.3 is 0 Å². The van der Waals surface area contributed by atoms with Crippen LogP contribution in [0.2, 0.25) is 0 Å². The second-order valence-electron chi connectivity index (χ2n) is 3.71. The molecule has 2 aliphatic rings. The summed E-state index contributed by atoms with van der Waals surface area (Å²) in [4.78, 5) is 0. The molecule has 1 aliphatic carbocycles. The van der Waals surface area contributed by atoms with Crippen LogP contribution in [0.4, 0.5) is 0 Å². The molecular formula is C8H16N2O. The van der Waals surface area contributed by atoms with Crippen LogP contribution in [-0.4, -0.2) is 31.3 Å². The highest BCUT2D eigenvalue weighted by Crippen LogP contribution is 2.26. The zero-order chi connectivity index (χ0) is 7.73. The van der Waals surface area contributed by atoms with Gasteiger partial charge in [-0.3, -0.25) is 0 Å². The van der Waals surface area contributed by atoms with E-state index < -0.39 is 0 Å². The van der Waals surface area contributed by atoms with E-state index in [1.54, 1.807) is 0 Å². The zero-order valence-electron chi connectivity index (χ0n) is 6.81. The topological polar surface area (TPSA) is 47.3 Å². The molecule has 0 spiro atoms. The number of hydrogen-bond acceptors (Lipinski definition) is 3. The third-order valence-electron chi connectivity index (χ3n) is 2.58. The molecule has 2 rings (SSSR count). The first-order chi connectivity index (χ1) is 5.35. The molecule has 1 unspecified atom stereocenters. The molecule has 0 aromatic heterocycles. The Labute approximate surface area is 67.3 Å². The lowest BCUT2D eigenvalue weighted by atomic mass is 9.99. The molecule has 3 N–H and O–H groups in total. The van der Waals surface area contributed by atoms with Crippen molar-refractivity contribution in [2.75, 3.05) is 19.8 Å². The summed E-state index contributed by atoms with van der Waals surface area (Å²) in [5.41, 5.74) is 5.83. The highest BCUT2D eigenvalue weighted by molar-refractivity contribution is 4.98. The van der Waals surface area contributed by atoms with Crippen molar-refractivity contribution in [1.29, 1.82) is 0 Å². The van der Waals surface area contributed by atoms with Crippen LogP contribution in [0.25, 0.3) is 0 Å². The van der Waals surface area contributed by atoms with Crippen LogP contribution in [0.1, 0.15) is 19.3 Å². The minimum atomic E-state index is 0.126. The number of hydrogen-bond donors (Lipinski definition) is 2. The lowest BCUT2D eigenvalue weighted by Gasteiger charge is -2.26. The Hall–Kier alpha value is -0.120. The highest BCUT2D eigenvalue weighted by Gasteiger charge is 2.38. The first-order valence-corrected chi connectivity index (χ1v) is 4.40. The van der Waals surface area contributed by atoms with Gasteiger partial charge in [0.05, 0.1) is 12.1 Å². The number of rotatable bonds is 3. The van der Waals surface area contributed by atoms with E-state index in [2.05, 4.69) is 5.32 Å². The zero-order valence-corrected chi connectivity index (χ0v) is 6.81. The Balaban J connectivity index is 1.91. The predicted molar refractivity (Wildman–Crippen MR) is 43.4 cm³/mol. The molecule has 11 heavy (non-hydrogen) atoms. The van der Waals surface area contributed by atoms with Crippen LogP contribution in [0.3, 0.4) is 0 Å². The first-order valence-electron chi connectivity index (χ1n) is 4.40. The van der Waals surface area contributed by atoms with Crippen LogP contribution < -0.4 is 11.1 Å². The average molecular weight is 156 g/mol. The first kappa shape index (κ1) is 7.53. The standard InChI is InChI=1S/C8H16N2O/c9-5-8(3-4-11-6-8)10-7-1-2-7/h7,10H,1-6,9H2. The molecule has 1 heterocycles. The molecule has 1 aliphatic heterocycles. The third-order valence-corrected chi connectivity index (χ3v) is 2.58. The van der Waals surface area contributed by atoms with E-state index in [9.17, 15) is 0 Å². The molecule has 1 atom stereocenters.